The van der Waals surface area contributed by atoms with Crippen LogP contribution in [0.3, 0.4) is 0 Å². The molecule has 0 amide bonds. The average molecular weight is 865 g/mol. The molecule has 0 fully saturated rings. The predicted octanol–water partition coefficient (Wildman–Crippen LogP) is 15.5. The first kappa shape index (κ1) is 37.7. The summed E-state index contributed by atoms with van der Waals surface area (Å²) in [6.07, 6.45) is 0. The highest BCUT2D eigenvalue weighted by molar-refractivity contribution is 6.28. The second kappa shape index (κ2) is 14.4. The Morgan fingerprint density at radius 2 is 0.647 bits per heavy atom. The van der Waals surface area contributed by atoms with Crippen molar-refractivity contribution in [2.75, 3.05) is 0 Å². The maximum absolute atomic E-state index is 11.4. The summed E-state index contributed by atoms with van der Waals surface area (Å²) in [6.45, 7) is 0. The molecule has 0 saturated heterocycles. The van der Waals surface area contributed by atoms with Gasteiger partial charge in [-0.1, -0.05) is 152 Å². The van der Waals surface area contributed by atoms with Crippen molar-refractivity contribution in [2.45, 2.75) is 0 Å². The topological polar surface area (TPSA) is 67.3 Å². The summed E-state index contributed by atoms with van der Waals surface area (Å²) in [5.74, 6) is 0. The van der Waals surface area contributed by atoms with Crippen LogP contribution in [0, 0.1) is 22.7 Å². The summed E-state index contributed by atoms with van der Waals surface area (Å²) in [7, 11) is 0. The molecule has 68 heavy (non-hydrogen) atoms. The first-order valence-corrected chi connectivity index (χ1v) is 22.8. The Morgan fingerprint density at radius 1 is 0.294 bits per heavy atom. The molecule has 0 N–H and O–H groups in total. The fourth-order valence-electron chi connectivity index (χ4n) is 11.4. The van der Waals surface area contributed by atoms with Gasteiger partial charge >= 0.3 is 0 Å². The maximum atomic E-state index is 11.4. The van der Waals surface area contributed by atoms with Gasteiger partial charge in [0.05, 0.1) is 66.6 Å². The van der Waals surface area contributed by atoms with E-state index in [-0.39, 0.29) is 0 Å². The summed E-state index contributed by atoms with van der Waals surface area (Å²) in [4.78, 5) is 0. The lowest BCUT2D eigenvalue weighted by Crippen LogP contribution is -2.08. The third kappa shape index (κ3) is 5.09. The largest absolute Gasteiger partial charge is 0.309 e. The minimum atomic E-state index is 0.405. The molecule has 0 spiro atoms. The van der Waals surface area contributed by atoms with Gasteiger partial charge in [-0.05, 0) is 72.3 Å². The van der Waals surface area contributed by atoms with Gasteiger partial charge in [-0.3, -0.25) is 0 Å². The SMILES string of the molecule is N#Cc1cc(C#N)c(-n2c3ccccc3c3c2ccc2c4ccccc4n(-c4ccccc4)c23)c(-c2ccccc2)c1-n1c2ccccc2c2c1ccc1c3ccccc3n(-c3ccccc3)c12. The van der Waals surface area contributed by atoms with Crippen LogP contribution < -0.4 is 0 Å². The number of nitrogens with zero attached hydrogens (tertiary/aromatic N) is 6. The average Bonchev–Trinajstić information content (AvgIpc) is 4.13. The summed E-state index contributed by atoms with van der Waals surface area (Å²) < 4.78 is 9.32. The summed E-state index contributed by atoms with van der Waals surface area (Å²) in [6, 6.07) is 81.6. The monoisotopic (exact) mass is 864 g/mol. The van der Waals surface area contributed by atoms with Gasteiger partial charge in [0.1, 0.15) is 12.1 Å². The second-order valence-corrected chi connectivity index (χ2v) is 17.4. The molecular formula is C62H36N6. The van der Waals surface area contributed by atoms with Gasteiger partial charge in [-0.15, -0.1) is 0 Å². The van der Waals surface area contributed by atoms with Crippen molar-refractivity contribution < 1.29 is 0 Å². The van der Waals surface area contributed by atoms with Crippen LogP contribution >= 0.6 is 0 Å². The van der Waals surface area contributed by atoms with Gasteiger partial charge in [-0.25, -0.2) is 0 Å². The molecule has 10 aromatic carbocycles. The first-order valence-electron chi connectivity index (χ1n) is 22.8. The molecule has 14 rings (SSSR count). The van der Waals surface area contributed by atoms with Crippen molar-refractivity contribution >= 4 is 87.2 Å². The number of aromatic nitrogens is 4. The number of rotatable bonds is 5. The van der Waals surface area contributed by atoms with Gasteiger partial charge in [0.25, 0.3) is 0 Å². The number of hydrogen-bond donors (Lipinski definition) is 0. The van der Waals surface area contributed by atoms with E-state index in [1.54, 1.807) is 6.07 Å². The van der Waals surface area contributed by atoms with Crippen molar-refractivity contribution in [1.29, 1.82) is 10.5 Å². The number of benzene rings is 10. The second-order valence-electron chi connectivity index (χ2n) is 17.4. The molecule has 0 unspecified atom stereocenters. The molecule has 0 saturated carbocycles. The van der Waals surface area contributed by atoms with Crippen LogP contribution in [-0.2, 0) is 0 Å². The highest BCUT2D eigenvalue weighted by Gasteiger charge is 2.30. The standard InChI is InChI=1S/C62H36N6/c63-37-40-36-41(38-64)60(68-53-31-17-13-27-49(53)58-55(68)35-33-47-45-25-11-15-29-51(45)66(62(47)58)43-22-8-3-9-23-43)56(39-18-4-1-5-19-39)59(40)67-52-30-16-12-26-48(52)57-54(67)34-32-46-44-24-10-14-28-50(44)65(61(46)57)42-20-6-2-7-21-42/h1-36H. The smallest absolute Gasteiger partial charge is 0.101 e. The van der Waals surface area contributed by atoms with E-state index in [0.717, 1.165) is 99.0 Å². The Balaban J connectivity index is 1.19. The quantitative estimate of drug-likeness (QED) is 0.173. The fourth-order valence-corrected chi connectivity index (χ4v) is 11.4. The van der Waals surface area contributed by atoms with Gasteiger partial charge in [0.2, 0.25) is 0 Å². The zero-order valence-corrected chi connectivity index (χ0v) is 36.5. The third-order valence-corrected chi connectivity index (χ3v) is 14.0. The van der Waals surface area contributed by atoms with E-state index in [1.807, 2.05) is 18.2 Å². The van der Waals surface area contributed by atoms with E-state index >= 15 is 0 Å². The Morgan fingerprint density at radius 3 is 1.06 bits per heavy atom. The minimum absolute atomic E-state index is 0.405. The van der Waals surface area contributed by atoms with Gasteiger partial charge in [0.15, 0.2) is 0 Å². The number of para-hydroxylation sites is 6. The molecule has 6 heteroatoms. The van der Waals surface area contributed by atoms with Crippen LogP contribution in [0.15, 0.2) is 218 Å². The number of hydrogen-bond acceptors (Lipinski definition) is 2. The zero-order chi connectivity index (χ0) is 45.0. The molecule has 0 radical (unpaired) electrons. The lowest BCUT2D eigenvalue weighted by Gasteiger charge is -2.22. The Hall–Kier alpha value is -9.62. The zero-order valence-electron chi connectivity index (χ0n) is 36.5. The summed E-state index contributed by atoms with van der Waals surface area (Å²) >= 11 is 0. The van der Waals surface area contributed by atoms with Crippen molar-refractivity contribution in [3.05, 3.63) is 230 Å². The normalized spacial score (nSPS) is 11.8. The van der Waals surface area contributed by atoms with E-state index in [2.05, 4.69) is 225 Å². The number of fused-ring (bicyclic) bond motifs is 14. The van der Waals surface area contributed by atoms with E-state index in [0.29, 0.717) is 22.5 Å². The first-order chi connectivity index (χ1) is 33.7. The van der Waals surface area contributed by atoms with E-state index in [4.69, 9.17) is 0 Å². The molecule has 314 valence electrons. The van der Waals surface area contributed by atoms with E-state index in [9.17, 15) is 10.5 Å². The molecular weight excluding hydrogens is 829 g/mol. The molecule has 0 bridgehead atoms. The highest BCUT2D eigenvalue weighted by Crippen LogP contribution is 2.49. The molecule has 6 nitrogen and oxygen atoms in total. The van der Waals surface area contributed by atoms with E-state index in [1.165, 1.54) is 10.8 Å². The van der Waals surface area contributed by atoms with Crippen LogP contribution in [-0.4, -0.2) is 18.3 Å². The van der Waals surface area contributed by atoms with Crippen LogP contribution in [0.5, 0.6) is 0 Å². The van der Waals surface area contributed by atoms with Gasteiger partial charge < -0.3 is 18.3 Å². The minimum Gasteiger partial charge on any atom is -0.309 e. The van der Waals surface area contributed by atoms with Crippen LogP contribution in [0.2, 0.25) is 0 Å². The van der Waals surface area contributed by atoms with Crippen molar-refractivity contribution in [3.63, 3.8) is 0 Å². The van der Waals surface area contributed by atoms with Crippen LogP contribution in [0.25, 0.3) is 121 Å². The van der Waals surface area contributed by atoms with E-state index < -0.39 is 0 Å². The summed E-state index contributed by atoms with van der Waals surface area (Å²) in [5.41, 5.74) is 14.3. The highest BCUT2D eigenvalue weighted by atomic mass is 15.1. The Kier molecular flexibility index (Phi) is 8.01. The summed E-state index contributed by atoms with van der Waals surface area (Å²) in [5, 5.41) is 31.8. The number of nitriles is 2. The molecule has 4 heterocycles. The molecule has 0 aliphatic carbocycles. The fraction of sp³-hybridized carbons (Fsp3) is 0. The van der Waals surface area contributed by atoms with Gasteiger partial charge in [0, 0.05) is 60.0 Å². The van der Waals surface area contributed by atoms with Crippen LogP contribution in [0.4, 0.5) is 0 Å². The van der Waals surface area contributed by atoms with Crippen molar-refractivity contribution in [3.8, 4) is 46.0 Å². The van der Waals surface area contributed by atoms with Crippen molar-refractivity contribution in [1.82, 2.24) is 18.3 Å². The third-order valence-electron chi connectivity index (χ3n) is 14.0. The predicted molar refractivity (Wildman–Crippen MR) is 279 cm³/mol. The molecule has 0 atom stereocenters. The lowest BCUT2D eigenvalue weighted by atomic mass is 9.93. The van der Waals surface area contributed by atoms with Gasteiger partial charge in [-0.2, -0.15) is 10.5 Å². The Bertz CT molecular complexity index is 4230. The lowest BCUT2D eigenvalue weighted by molar-refractivity contribution is 1.12. The maximum Gasteiger partial charge on any atom is 0.101 e. The van der Waals surface area contributed by atoms with Crippen molar-refractivity contribution in [2.24, 2.45) is 0 Å². The molecule has 0 aliphatic heterocycles. The van der Waals surface area contributed by atoms with Crippen LogP contribution in [0.1, 0.15) is 11.1 Å². The molecule has 4 aromatic heterocycles. The molecule has 0 aliphatic rings. The molecule has 14 aromatic rings. The Labute approximate surface area is 389 Å².